The zero-order chi connectivity index (χ0) is 14.5. The first kappa shape index (κ1) is 14.5. The molecular formula is C15H13BrFNO2. The summed E-state index contributed by atoms with van der Waals surface area (Å²) in [7, 11) is 1.33. The number of nitrogens with one attached hydrogen (secondary N) is 1. The molecule has 5 heteroatoms. The fraction of sp³-hybridized carbons (Fsp3) is 0.133. The first-order valence-electron chi connectivity index (χ1n) is 5.96. The van der Waals surface area contributed by atoms with Crippen LogP contribution in [-0.2, 0) is 11.3 Å². The number of rotatable bonds is 4. The van der Waals surface area contributed by atoms with E-state index < -0.39 is 5.97 Å². The molecule has 2 aromatic carbocycles. The summed E-state index contributed by atoms with van der Waals surface area (Å²) in [5.74, 6) is -0.714. The zero-order valence-corrected chi connectivity index (χ0v) is 12.4. The van der Waals surface area contributed by atoms with Gasteiger partial charge in [0.2, 0.25) is 0 Å². The van der Waals surface area contributed by atoms with E-state index in [2.05, 4.69) is 26.0 Å². The predicted molar refractivity (Wildman–Crippen MR) is 79.2 cm³/mol. The molecule has 1 N–H and O–H groups in total. The molecular weight excluding hydrogens is 325 g/mol. The van der Waals surface area contributed by atoms with Crippen molar-refractivity contribution >= 4 is 27.6 Å². The van der Waals surface area contributed by atoms with Crippen LogP contribution in [0.4, 0.5) is 10.1 Å². The lowest BCUT2D eigenvalue weighted by molar-refractivity contribution is 0.0600. The third-order valence-corrected chi connectivity index (χ3v) is 3.19. The number of hydrogen-bond acceptors (Lipinski definition) is 3. The van der Waals surface area contributed by atoms with Crippen LogP contribution in [-0.4, -0.2) is 13.1 Å². The number of anilines is 1. The smallest absolute Gasteiger partial charge is 0.337 e. The van der Waals surface area contributed by atoms with E-state index in [9.17, 15) is 9.18 Å². The van der Waals surface area contributed by atoms with Gasteiger partial charge in [0.25, 0.3) is 0 Å². The topological polar surface area (TPSA) is 38.3 Å². The lowest BCUT2D eigenvalue weighted by atomic mass is 10.1. The minimum Gasteiger partial charge on any atom is -0.465 e. The molecule has 0 fully saturated rings. The molecule has 0 unspecified atom stereocenters. The number of ether oxygens (including phenoxy) is 1. The Morgan fingerprint density at radius 1 is 1.30 bits per heavy atom. The lowest BCUT2D eigenvalue weighted by Gasteiger charge is -2.09. The van der Waals surface area contributed by atoms with Gasteiger partial charge in [0.1, 0.15) is 5.82 Å². The first-order chi connectivity index (χ1) is 9.60. The molecule has 0 aliphatic heterocycles. The van der Waals surface area contributed by atoms with Gasteiger partial charge < -0.3 is 10.1 Å². The molecule has 0 amide bonds. The Hall–Kier alpha value is -1.88. The second-order valence-corrected chi connectivity index (χ2v) is 5.09. The molecule has 0 aliphatic carbocycles. The van der Waals surface area contributed by atoms with E-state index in [0.29, 0.717) is 17.8 Å². The number of para-hydroxylation sites is 1. The summed E-state index contributed by atoms with van der Waals surface area (Å²) in [4.78, 5) is 11.5. The Morgan fingerprint density at radius 3 is 2.75 bits per heavy atom. The molecule has 2 aromatic rings. The van der Waals surface area contributed by atoms with Gasteiger partial charge in [0, 0.05) is 11.0 Å². The number of hydrogen-bond donors (Lipinski definition) is 1. The summed E-state index contributed by atoms with van der Waals surface area (Å²) in [6, 6.07) is 11.7. The summed E-state index contributed by atoms with van der Waals surface area (Å²) in [6.45, 7) is 0.407. The van der Waals surface area contributed by atoms with Crippen LogP contribution in [0.2, 0.25) is 0 Å². The Morgan fingerprint density at radius 2 is 2.05 bits per heavy atom. The summed E-state index contributed by atoms with van der Waals surface area (Å²) in [5.41, 5.74) is 1.72. The van der Waals surface area contributed by atoms with E-state index in [1.807, 2.05) is 6.07 Å². The largest absolute Gasteiger partial charge is 0.465 e. The summed E-state index contributed by atoms with van der Waals surface area (Å²) >= 11 is 3.34. The van der Waals surface area contributed by atoms with Crippen molar-refractivity contribution in [2.75, 3.05) is 12.4 Å². The summed E-state index contributed by atoms with van der Waals surface area (Å²) in [5, 5.41) is 2.99. The quantitative estimate of drug-likeness (QED) is 0.857. The Labute approximate surface area is 124 Å². The fourth-order valence-corrected chi connectivity index (χ4v) is 2.33. The van der Waals surface area contributed by atoms with Gasteiger partial charge in [0.15, 0.2) is 0 Å². The SMILES string of the molecule is COC(=O)c1cc(Br)cc(CNc2ccccc2F)c1. The normalized spacial score (nSPS) is 10.2. The number of esters is 1. The average Bonchev–Trinajstić information content (AvgIpc) is 2.45. The van der Waals surface area contributed by atoms with Gasteiger partial charge >= 0.3 is 5.97 Å². The van der Waals surface area contributed by atoms with Crippen LogP contribution in [0.25, 0.3) is 0 Å². The highest BCUT2D eigenvalue weighted by Crippen LogP contribution is 2.19. The van der Waals surface area contributed by atoms with E-state index in [-0.39, 0.29) is 5.82 Å². The van der Waals surface area contributed by atoms with Crippen molar-refractivity contribution < 1.29 is 13.9 Å². The van der Waals surface area contributed by atoms with Crippen LogP contribution in [0.5, 0.6) is 0 Å². The first-order valence-corrected chi connectivity index (χ1v) is 6.75. The number of halogens is 2. The monoisotopic (exact) mass is 337 g/mol. The number of benzene rings is 2. The second kappa shape index (κ2) is 6.52. The van der Waals surface area contributed by atoms with Crippen LogP contribution in [0.3, 0.4) is 0 Å². The van der Waals surface area contributed by atoms with Gasteiger partial charge in [-0.25, -0.2) is 9.18 Å². The minimum absolute atomic E-state index is 0.310. The van der Waals surface area contributed by atoms with E-state index in [1.165, 1.54) is 13.2 Å². The van der Waals surface area contributed by atoms with Crippen molar-refractivity contribution in [3.8, 4) is 0 Å². The molecule has 104 valence electrons. The van der Waals surface area contributed by atoms with Crippen molar-refractivity contribution in [1.82, 2.24) is 0 Å². The Bertz CT molecular complexity index is 631. The van der Waals surface area contributed by atoms with Crippen molar-refractivity contribution in [3.05, 3.63) is 63.9 Å². The van der Waals surface area contributed by atoms with Crippen LogP contribution in [0.1, 0.15) is 15.9 Å². The predicted octanol–water partition coefficient (Wildman–Crippen LogP) is 3.99. The van der Waals surface area contributed by atoms with Crippen molar-refractivity contribution in [2.45, 2.75) is 6.54 Å². The molecule has 0 aliphatic rings. The molecule has 0 aromatic heterocycles. The Balaban J connectivity index is 2.16. The third-order valence-electron chi connectivity index (χ3n) is 2.74. The van der Waals surface area contributed by atoms with Crippen LogP contribution >= 0.6 is 15.9 Å². The van der Waals surface area contributed by atoms with Gasteiger partial charge in [-0.15, -0.1) is 0 Å². The molecule has 0 bridgehead atoms. The maximum absolute atomic E-state index is 13.5. The maximum atomic E-state index is 13.5. The molecule has 3 nitrogen and oxygen atoms in total. The number of carbonyl (C=O) groups is 1. The molecule has 0 radical (unpaired) electrons. The molecule has 0 spiro atoms. The number of carbonyl (C=O) groups excluding carboxylic acids is 1. The van der Waals surface area contributed by atoms with E-state index in [1.54, 1.807) is 30.3 Å². The van der Waals surface area contributed by atoms with Gasteiger partial charge in [-0.2, -0.15) is 0 Å². The zero-order valence-electron chi connectivity index (χ0n) is 10.8. The third kappa shape index (κ3) is 3.57. The molecule has 0 saturated heterocycles. The van der Waals surface area contributed by atoms with Gasteiger partial charge in [-0.1, -0.05) is 28.1 Å². The molecule has 0 atom stereocenters. The summed E-state index contributed by atoms with van der Waals surface area (Å²) in [6.07, 6.45) is 0. The molecule has 20 heavy (non-hydrogen) atoms. The van der Waals surface area contributed by atoms with E-state index in [4.69, 9.17) is 0 Å². The van der Waals surface area contributed by atoms with Crippen molar-refractivity contribution in [2.24, 2.45) is 0 Å². The molecule has 0 heterocycles. The fourth-order valence-electron chi connectivity index (χ4n) is 1.79. The highest BCUT2D eigenvalue weighted by molar-refractivity contribution is 9.10. The van der Waals surface area contributed by atoms with Crippen molar-refractivity contribution in [1.29, 1.82) is 0 Å². The summed E-state index contributed by atoms with van der Waals surface area (Å²) < 4.78 is 18.9. The maximum Gasteiger partial charge on any atom is 0.337 e. The molecule has 0 saturated carbocycles. The van der Waals surface area contributed by atoms with Gasteiger partial charge in [0.05, 0.1) is 18.4 Å². The van der Waals surface area contributed by atoms with Crippen LogP contribution in [0.15, 0.2) is 46.9 Å². The van der Waals surface area contributed by atoms with E-state index in [0.717, 1.165) is 10.0 Å². The van der Waals surface area contributed by atoms with Gasteiger partial charge in [-0.3, -0.25) is 0 Å². The van der Waals surface area contributed by atoms with Gasteiger partial charge in [-0.05, 0) is 35.9 Å². The lowest BCUT2D eigenvalue weighted by Crippen LogP contribution is -2.05. The minimum atomic E-state index is -0.404. The second-order valence-electron chi connectivity index (χ2n) is 4.17. The van der Waals surface area contributed by atoms with E-state index >= 15 is 0 Å². The van der Waals surface area contributed by atoms with Crippen LogP contribution < -0.4 is 5.32 Å². The van der Waals surface area contributed by atoms with Crippen LogP contribution in [0, 0.1) is 5.82 Å². The standard InChI is InChI=1S/C15H13BrFNO2/c1-20-15(19)11-6-10(7-12(16)8-11)9-18-14-5-3-2-4-13(14)17/h2-8,18H,9H2,1H3. The average molecular weight is 338 g/mol. The highest BCUT2D eigenvalue weighted by atomic mass is 79.9. The van der Waals surface area contributed by atoms with Crippen molar-refractivity contribution in [3.63, 3.8) is 0 Å². The Kier molecular flexibility index (Phi) is 4.74. The number of methoxy groups -OCH3 is 1. The highest BCUT2D eigenvalue weighted by Gasteiger charge is 2.08. The molecule has 2 rings (SSSR count).